The number of carbonyl (C=O) groups excluding carboxylic acids is 1. The van der Waals surface area contributed by atoms with Crippen LogP contribution >= 0.6 is 0 Å². The van der Waals surface area contributed by atoms with Crippen molar-refractivity contribution in [1.29, 1.82) is 0 Å². The Labute approximate surface area is 136 Å². The number of nitrogens with one attached hydrogen (secondary N) is 1. The number of piperidine rings is 1. The second kappa shape index (κ2) is 6.26. The maximum absolute atomic E-state index is 12.7. The topological polar surface area (TPSA) is 97.4 Å². The molecule has 3 rings (SSSR count). The lowest BCUT2D eigenvalue weighted by atomic mass is 10.1. The summed E-state index contributed by atoms with van der Waals surface area (Å²) in [6.45, 7) is 2.06. The summed E-state index contributed by atoms with van der Waals surface area (Å²) in [4.78, 5) is 11.4. The van der Waals surface area contributed by atoms with E-state index in [4.69, 9.17) is 5.73 Å². The minimum atomic E-state index is -3.56. The van der Waals surface area contributed by atoms with Crippen molar-refractivity contribution in [3.8, 4) is 0 Å². The van der Waals surface area contributed by atoms with Crippen LogP contribution in [0.4, 0.5) is 0 Å². The molecule has 1 aromatic heterocycles. The highest BCUT2D eigenvalue weighted by atomic mass is 32.2. The molecular weight excluding hydrogens is 316 g/mol. The van der Waals surface area contributed by atoms with E-state index < -0.39 is 15.9 Å². The largest absolute Gasteiger partial charge is 0.364 e. The Bertz CT molecular complexity index is 686. The molecule has 1 amide bonds. The molecule has 2 aliphatic rings. The number of amides is 1. The highest BCUT2D eigenvalue weighted by molar-refractivity contribution is 7.89. The number of carbonyl (C=O) groups is 1. The summed E-state index contributed by atoms with van der Waals surface area (Å²) in [6.07, 6.45) is 5.72. The normalized spacial score (nSPS) is 20.7. The summed E-state index contributed by atoms with van der Waals surface area (Å²) in [6, 6.07) is 1.76. The van der Waals surface area contributed by atoms with E-state index in [0.29, 0.717) is 19.1 Å². The number of hydrogen-bond donors (Lipinski definition) is 2. The van der Waals surface area contributed by atoms with Crippen LogP contribution in [0.25, 0.3) is 0 Å². The van der Waals surface area contributed by atoms with Gasteiger partial charge in [-0.1, -0.05) is 0 Å². The zero-order valence-electron chi connectivity index (χ0n) is 13.4. The van der Waals surface area contributed by atoms with Gasteiger partial charge in [0.2, 0.25) is 10.0 Å². The third kappa shape index (κ3) is 3.59. The fraction of sp³-hybridized carbons (Fsp3) is 0.667. The van der Waals surface area contributed by atoms with Gasteiger partial charge in [0.15, 0.2) is 0 Å². The molecule has 23 heavy (non-hydrogen) atoms. The number of hydrogen-bond acceptors (Lipinski definition) is 4. The lowest BCUT2D eigenvalue weighted by molar-refractivity contribution is 0.0992. The fourth-order valence-electron chi connectivity index (χ4n) is 3.02. The molecule has 7 nitrogen and oxygen atoms in total. The van der Waals surface area contributed by atoms with Crippen LogP contribution in [0, 0.1) is 5.92 Å². The summed E-state index contributed by atoms with van der Waals surface area (Å²) in [5, 5.41) is 3.54. The van der Waals surface area contributed by atoms with Crippen molar-refractivity contribution < 1.29 is 13.2 Å². The molecule has 0 atom stereocenters. The highest BCUT2D eigenvalue weighted by Gasteiger charge is 2.31. The SMILES string of the molecule is Cn1cc(S(=O)(=O)N2CCC(NCC3CC3)CC2)cc1C(N)=O. The first-order chi connectivity index (χ1) is 10.9. The van der Waals surface area contributed by atoms with Gasteiger partial charge in [-0.05, 0) is 44.2 Å². The predicted octanol–water partition coefficient (Wildman–Crippen LogP) is 0.277. The summed E-state index contributed by atoms with van der Waals surface area (Å²) < 4.78 is 28.4. The Hall–Kier alpha value is -1.38. The summed E-state index contributed by atoms with van der Waals surface area (Å²) in [5.41, 5.74) is 5.45. The van der Waals surface area contributed by atoms with Crippen LogP contribution in [-0.4, -0.2) is 48.9 Å². The maximum Gasteiger partial charge on any atom is 0.265 e. The Morgan fingerprint density at radius 1 is 1.30 bits per heavy atom. The lowest BCUT2D eigenvalue weighted by Gasteiger charge is -2.31. The molecule has 8 heteroatoms. The molecule has 2 fully saturated rings. The Morgan fingerprint density at radius 3 is 2.48 bits per heavy atom. The van der Waals surface area contributed by atoms with E-state index in [1.807, 2.05) is 0 Å². The van der Waals surface area contributed by atoms with Crippen molar-refractivity contribution >= 4 is 15.9 Å². The minimum absolute atomic E-state index is 0.137. The van der Waals surface area contributed by atoms with Crippen LogP contribution in [0.2, 0.25) is 0 Å². The van der Waals surface area contributed by atoms with Crippen LogP contribution in [0.1, 0.15) is 36.2 Å². The smallest absolute Gasteiger partial charge is 0.265 e. The van der Waals surface area contributed by atoms with Gasteiger partial charge in [0, 0.05) is 32.4 Å². The van der Waals surface area contributed by atoms with E-state index in [1.165, 1.54) is 34.0 Å². The molecule has 0 unspecified atom stereocenters. The number of nitrogens with zero attached hydrogens (tertiary/aromatic N) is 2. The summed E-state index contributed by atoms with van der Waals surface area (Å²) >= 11 is 0. The molecule has 1 aliphatic carbocycles. The van der Waals surface area contributed by atoms with Crippen molar-refractivity contribution in [2.45, 2.75) is 36.6 Å². The second-order valence-corrected chi connectivity index (χ2v) is 8.50. The van der Waals surface area contributed by atoms with Gasteiger partial charge >= 0.3 is 0 Å². The fourth-order valence-corrected chi connectivity index (χ4v) is 4.57. The number of sulfonamides is 1. The Kier molecular flexibility index (Phi) is 4.48. The molecule has 0 bridgehead atoms. The average molecular weight is 340 g/mol. The van der Waals surface area contributed by atoms with Gasteiger partial charge < -0.3 is 15.6 Å². The van der Waals surface area contributed by atoms with Gasteiger partial charge in [-0.25, -0.2) is 8.42 Å². The predicted molar refractivity (Wildman–Crippen MR) is 86.4 cm³/mol. The van der Waals surface area contributed by atoms with Crippen LogP contribution < -0.4 is 11.1 Å². The average Bonchev–Trinajstić information content (AvgIpc) is 3.25. The van der Waals surface area contributed by atoms with Crippen molar-refractivity contribution in [3.63, 3.8) is 0 Å². The molecule has 1 saturated heterocycles. The zero-order chi connectivity index (χ0) is 16.6. The molecule has 0 aromatic carbocycles. The zero-order valence-corrected chi connectivity index (χ0v) is 14.2. The molecule has 1 aliphatic heterocycles. The van der Waals surface area contributed by atoms with Gasteiger partial charge in [-0.2, -0.15) is 4.31 Å². The number of primary amides is 1. The van der Waals surface area contributed by atoms with Gasteiger partial charge in [-0.15, -0.1) is 0 Å². The minimum Gasteiger partial charge on any atom is -0.364 e. The van der Waals surface area contributed by atoms with Crippen molar-refractivity contribution in [1.82, 2.24) is 14.2 Å². The van der Waals surface area contributed by atoms with Crippen molar-refractivity contribution in [2.75, 3.05) is 19.6 Å². The standard InChI is InChI=1S/C15H24N4O3S/c1-18-10-13(8-14(18)15(16)20)23(21,22)19-6-4-12(5-7-19)17-9-11-2-3-11/h8,10-12,17H,2-7,9H2,1H3,(H2,16,20). The van der Waals surface area contributed by atoms with Crippen LogP contribution in [0.3, 0.4) is 0 Å². The third-order valence-corrected chi connectivity index (χ3v) is 6.58. The highest BCUT2D eigenvalue weighted by Crippen LogP contribution is 2.28. The quantitative estimate of drug-likeness (QED) is 0.777. The van der Waals surface area contributed by atoms with Crippen molar-refractivity contribution in [2.24, 2.45) is 18.7 Å². The second-order valence-electron chi connectivity index (χ2n) is 6.57. The number of nitrogens with two attached hydrogens (primary N) is 1. The third-order valence-electron chi connectivity index (χ3n) is 4.72. The van der Waals surface area contributed by atoms with Crippen LogP contribution in [0.15, 0.2) is 17.2 Å². The van der Waals surface area contributed by atoms with E-state index in [2.05, 4.69) is 5.32 Å². The number of rotatable bonds is 6. The Balaban J connectivity index is 1.64. The molecule has 1 saturated carbocycles. The van der Waals surface area contributed by atoms with Crippen molar-refractivity contribution in [3.05, 3.63) is 18.0 Å². The summed E-state index contributed by atoms with van der Waals surface area (Å²) in [7, 11) is -1.94. The van der Waals surface area contributed by atoms with Gasteiger partial charge in [0.05, 0.1) is 0 Å². The molecule has 1 aromatic rings. The van der Waals surface area contributed by atoms with E-state index in [1.54, 1.807) is 7.05 Å². The van der Waals surface area contributed by atoms with E-state index in [0.717, 1.165) is 25.3 Å². The van der Waals surface area contributed by atoms with E-state index >= 15 is 0 Å². The van der Waals surface area contributed by atoms with Gasteiger partial charge in [0.25, 0.3) is 5.91 Å². The molecular formula is C15H24N4O3S. The molecule has 0 spiro atoms. The maximum atomic E-state index is 12.7. The first-order valence-corrected chi connectivity index (χ1v) is 9.51. The molecule has 3 N–H and O–H groups in total. The van der Waals surface area contributed by atoms with Gasteiger partial charge in [0.1, 0.15) is 10.6 Å². The van der Waals surface area contributed by atoms with Gasteiger partial charge in [-0.3, -0.25) is 4.79 Å². The number of aryl methyl sites for hydroxylation is 1. The molecule has 128 valence electrons. The molecule has 0 radical (unpaired) electrons. The van der Waals surface area contributed by atoms with E-state index in [-0.39, 0.29) is 10.6 Å². The lowest BCUT2D eigenvalue weighted by Crippen LogP contribution is -2.45. The van der Waals surface area contributed by atoms with E-state index in [9.17, 15) is 13.2 Å². The van der Waals surface area contributed by atoms with Crippen LogP contribution in [0.5, 0.6) is 0 Å². The Morgan fingerprint density at radius 2 is 1.96 bits per heavy atom. The first-order valence-electron chi connectivity index (χ1n) is 8.07. The monoisotopic (exact) mass is 340 g/mol. The summed E-state index contributed by atoms with van der Waals surface area (Å²) in [5.74, 6) is 0.199. The molecule has 2 heterocycles. The first kappa shape index (κ1) is 16.5. The van der Waals surface area contributed by atoms with Crippen LogP contribution in [-0.2, 0) is 17.1 Å². The number of aromatic nitrogens is 1.